The molecule has 0 aliphatic carbocycles. The number of hydrogen-bond donors (Lipinski definition) is 0. The van der Waals surface area contributed by atoms with E-state index in [9.17, 15) is 0 Å². The summed E-state index contributed by atoms with van der Waals surface area (Å²) in [5, 5.41) is 32.3. The van der Waals surface area contributed by atoms with Crippen molar-refractivity contribution in [3.05, 3.63) is 437 Å². The second-order valence-electron chi connectivity index (χ2n) is 41.6. The van der Waals surface area contributed by atoms with Crippen molar-refractivity contribution in [1.29, 1.82) is 0 Å². The molecule has 0 atom stereocenters. The van der Waals surface area contributed by atoms with Gasteiger partial charge in [0.25, 0.3) is 0 Å². The molecule has 0 nitrogen and oxygen atoms in total. The second-order valence-corrected chi connectivity index (χ2v) is 61.8. The van der Waals surface area contributed by atoms with Gasteiger partial charge in [0, 0.05) is 0 Å². The Morgan fingerprint density at radius 1 is 0.103 bits per heavy atom. The van der Waals surface area contributed by atoms with Crippen LogP contribution in [0.4, 0.5) is 0 Å². The van der Waals surface area contributed by atoms with E-state index in [0.717, 1.165) is 0 Å². The lowest BCUT2D eigenvalue weighted by molar-refractivity contribution is 1.60. The molecule has 0 heterocycles. The number of hydrogen-bond acceptors (Lipinski definition) is 0. The molecule has 0 spiro atoms. The molecule has 0 amide bonds. The van der Waals surface area contributed by atoms with Crippen molar-refractivity contribution in [3.63, 3.8) is 0 Å². The van der Waals surface area contributed by atoms with E-state index in [2.05, 4.69) is 515 Å². The van der Waals surface area contributed by atoms with E-state index >= 15 is 0 Å². The first-order chi connectivity index (χ1) is 66.0. The van der Waals surface area contributed by atoms with E-state index in [1.807, 2.05) is 0 Å². The molecule has 0 aliphatic rings. The molecule has 0 aromatic heterocycles. The van der Waals surface area contributed by atoms with Gasteiger partial charge in [0.15, 0.2) is 0 Å². The highest BCUT2D eigenvalue weighted by atomic mass is 28.3. The topological polar surface area (TPSA) is 0 Å². The summed E-state index contributed by atoms with van der Waals surface area (Å²) < 4.78 is 0. The first-order valence-electron chi connectivity index (χ1n) is 48.3. The minimum absolute atomic E-state index is 1.22. The highest BCUT2D eigenvalue weighted by Crippen LogP contribution is 2.54. The molecule has 0 saturated heterocycles. The Balaban J connectivity index is 0.000000153. The highest BCUT2D eigenvalue weighted by molar-refractivity contribution is 6.92. The van der Waals surface area contributed by atoms with Gasteiger partial charge in [0.2, 0.25) is 0 Å². The van der Waals surface area contributed by atoms with E-state index in [1.54, 1.807) is 0 Å². The van der Waals surface area contributed by atoms with E-state index in [1.165, 1.54) is 262 Å². The number of rotatable bonds is 16. The molecular weight excluding hydrogens is 1700 g/mol. The monoisotopic (exact) mass is 1800 g/mol. The summed E-state index contributed by atoms with van der Waals surface area (Å²) in [4.78, 5) is 0. The Morgan fingerprint density at radius 3 is 0.515 bits per heavy atom. The third kappa shape index (κ3) is 15.0. The van der Waals surface area contributed by atoms with Gasteiger partial charge in [-0.05, 0) is 278 Å². The first kappa shape index (κ1) is 85.5. The van der Waals surface area contributed by atoms with E-state index in [0.29, 0.717) is 0 Å². The molecule has 0 fully saturated rings. The highest BCUT2D eigenvalue weighted by Gasteiger charge is 2.31. The summed E-state index contributed by atoms with van der Waals surface area (Å²) in [5.41, 5.74) is 29.9. The average molecular weight is 1810 g/mol. The summed E-state index contributed by atoms with van der Waals surface area (Å²) in [6.07, 6.45) is 0. The van der Waals surface area contributed by atoms with Crippen LogP contribution in [0.25, 0.3) is 241 Å². The van der Waals surface area contributed by atoms with Crippen LogP contribution >= 0.6 is 0 Å². The normalized spacial score (nSPS) is 12.3. The Labute approximate surface area is 803 Å². The molecule has 24 rings (SSSR count). The lowest BCUT2D eigenvalue weighted by Crippen LogP contribution is -2.38. The van der Waals surface area contributed by atoms with Crippen LogP contribution in [0, 0.1) is 0 Å². The fraction of sp³-hybridized carbons (Fsp3) is 0.0909. The molecule has 4 heteroatoms. The lowest BCUT2D eigenvalue weighted by Gasteiger charge is -2.24. The predicted molar refractivity (Wildman–Crippen MR) is 607 cm³/mol. The van der Waals surface area contributed by atoms with Gasteiger partial charge in [-0.25, -0.2) is 0 Å². The fourth-order valence-electron chi connectivity index (χ4n) is 22.5. The van der Waals surface area contributed by atoms with Crippen molar-refractivity contribution < 1.29 is 0 Å². The molecule has 136 heavy (non-hydrogen) atoms. The van der Waals surface area contributed by atoms with Crippen molar-refractivity contribution in [3.8, 4) is 134 Å². The van der Waals surface area contributed by atoms with Crippen LogP contribution in [-0.2, 0) is 0 Å². The Bertz CT molecular complexity index is 8290. The van der Waals surface area contributed by atoms with Gasteiger partial charge >= 0.3 is 0 Å². The van der Waals surface area contributed by atoms with Crippen LogP contribution in [0.5, 0.6) is 0 Å². The lowest BCUT2D eigenvalue weighted by atomic mass is 9.81. The quantitative estimate of drug-likeness (QED) is 0.0668. The Hall–Kier alpha value is -14.7. The first-order valence-corrected chi connectivity index (χ1v) is 62.3. The minimum Gasteiger partial charge on any atom is -0.0656 e. The molecule has 0 N–H and O–H groups in total. The SMILES string of the molecule is C[Si](C)(C)c1ccc(-c2cc(-c3ccc(-c4ccccc4)cc3)c3ccc4c(-c5ccc([Si](C)(C)C)c6ccccc56)cc(-c5ccc(-c6ccccc6)cc5)c5ccc2c3c54)c2ccccc12.C[Si](C)(C)c1ccc(-c2cc(-c3cccc(-c4ccccc4)c3)c3ccc4c(-c5ccc([Si](C)(C)C)c6ccccc56)cc(-c5cccc(-c6ccccc6)c5)c5ccc2c3c54)c2ccccc12. The molecule has 0 saturated carbocycles. The maximum Gasteiger partial charge on any atom is 0.0784 e. The summed E-state index contributed by atoms with van der Waals surface area (Å²) in [6.45, 7) is 29.6. The zero-order valence-electron chi connectivity index (χ0n) is 79.6. The zero-order valence-corrected chi connectivity index (χ0v) is 83.6. The van der Waals surface area contributed by atoms with Crippen LogP contribution in [-0.4, -0.2) is 32.3 Å². The third-order valence-electron chi connectivity index (χ3n) is 29.1. The summed E-state index contributed by atoms with van der Waals surface area (Å²) in [6, 6.07) is 166. The van der Waals surface area contributed by atoms with Crippen molar-refractivity contribution in [1.82, 2.24) is 0 Å². The maximum absolute atomic E-state index is 2.51. The van der Waals surface area contributed by atoms with E-state index in [-0.39, 0.29) is 0 Å². The van der Waals surface area contributed by atoms with Gasteiger partial charge in [0.05, 0.1) is 32.3 Å². The fourth-order valence-corrected chi connectivity index (χ4v) is 29.0. The van der Waals surface area contributed by atoms with Gasteiger partial charge in [0.1, 0.15) is 0 Å². The third-order valence-corrected chi connectivity index (χ3v) is 37.3. The second kappa shape index (κ2) is 33.7. The molecule has 0 unspecified atom stereocenters. The van der Waals surface area contributed by atoms with Gasteiger partial charge in [-0.1, -0.05) is 500 Å². The molecule has 652 valence electrons. The van der Waals surface area contributed by atoms with Crippen LogP contribution in [0.1, 0.15) is 0 Å². The van der Waals surface area contributed by atoms with Crippen LogP contribution in [0.3, 0.4) is 0 Å². The maximum atomic E-state index is 2.51. The Kier molecular flexibility index (Phi) is 21.2. The van der Waals surface area contributed by atoms with Crippen molar-refractivity contribution in [2.45, 2.75) is 78.6 Å². The molecule has 0 aliphatic heterocycles. The standard InChI is InChI=1S/2C66H54Si2/c1-67(2,3)63-37-35-51(49-27-13-15-29-53(49)63)61-41-59(47-25-17-23-45(39-47)43-19-9-7-10-20-43)55-32-34-58-62(52-36-38-64(68(4,5)6)54-30-16-14-28-50(52)54)42-60(56-31-33-57(61)65(55)66(56)58)48-26-18-24-46(40-48)44-21-11-8-12-22-44;1-67(2,3)63-39-37-51(49-21-13-15-23-53(49)63)61-41-59(47-29-25-45(26-30-47)43-17-9-7-10-18-43)55-34-36-58-62(52-38-40-64(68(4,5)6)54-24-16-14-22-50(52)54)42-60(56-33-35-57(61)65(55)66(56)58)48-31-27-46(28-32-48)44-19-11-8-12-20-44/h2*7-42H,1-6H3. The van der Waals surface area contributed by atoms with Gasteiger partial charge in [-0.3, -0.25) is 0 Å². The van der Waals surface area contributed by atoms with Crippen LogP contribution < -0.4 is 20.7 Å². The summed E-state index contributed by atoms with van der Waals surface area (Å²) >= 11 is 0. The molecule has 0 radical (unpaired) electrons. The van der Waals surface area contributed by atoms with Gasteiger partial charge < -0.3 is 0 Å². The molecular formula is C132H108Si4. The number of fused-ring (bicyclic) bond motifs is 4. The van der Waals surface area contributed by atoms with E-state index < -0.39 is 32.3 Å². The smallest absolute Gasteiger partial charge is 0.0656 e. The van der Waals surface area contributed by atoms with Crippen molar-refractivity contribution in [2.75, 3.05) is 0 Å². The van der Waals surface area contributed by atoms with E-state index in [4.69, 9.17) is 0 Å². The zero-order chi connectivity index (χ0) is 92.6. The predicted octanol–water partition coefficient (Wildman–Crippen LogP) is 36.0. The number of benzene rings is 24. The van der Waals surface area contributed by atoms with Crippen LogP contribution in [0.15, 0.2) is 437 Å². The largest absolute Gasteiger partial charge is 0.0784 e. The van der Waals surface area contributed by atoms with Crippen molar-refractivity contribution >= 4 is 161 Å². The minimum atomic E-state index is -1.66. The molecule has 24 aromatic rings. The Morgan fingerprint density at radius 2 is 0.279 bits per heavy atom. The summed E-state index contributed by atoms with van der Waals surface area (Å²) in [7, 11) is -6.64. The van der Waals surface area contributed by atoms with Gasteiger partial charge in [-0.15, -0.1) is 0 Å². The molecule has 0 bridgehead atoms. The van der Waals surface area contributed by atoms with Crippen molar-refractivity contribution in [2.24, 2.45) is 0 Å². The molecule has 24 aromatic carbocycles. The average Bonchev–Trinajstić information content (AvgIpc) is 0.703. The summed E-state index contributed by atoms with van der Waals surface area (Å²) in [5.74, 6) is 0. The van der Waals surface area contributed by atoms with Crippen LogP contribution in [0.2, 0.25) is 78.6 Å². The van der Waals surface area contributed by atoms with Gasteiger partial charge in [-0.2, -0.15) is 0 Å².